The average molecular weight is 498 g/mol. The molecular formula is C28H19FN2O6. The number of carbonyl (C=O) groups is 5. The molecular weight excluding hydrogens is 479 g/mol. The molecule has 3 aromatic carbocycles. The molecule has 0 aromatic heterocycles. The molecule has 2 aliphatic heterocycles. The van der Waals surface area contributed by atoms with Crippen molar-refractivity contribution in [2.75, 3.05) is 10.2 Å². The molecule has 0 unspecified atom stereocenters. The van der Waals surface area contributed by atoms with Crippen molar-refractivity contribution in [3.63, 3.8) is 0 Å². The van der Waals surface area contributed by atoms with Crippen LogP contribution in [0.1, 0.15) is 39.3 Å². The molecule has 9 heteroatoms. The monoisotopic (exact) mass is 498 g/mol. The van der Waals surface area contributed by atoms with Crippen LogP contribution in [0.3, 0.4) is 0 Å². The lowest BCUT2D eigenvalue weighted by atomic mass is 9.77. The van der Waals surface area contributed by atoms with Crippen molar-refractivity contribution >= 4 is 40.7 Å². The number of rotatable bonds is 3. The fraction of sp³-hybridized carbons (Fsp3) is 0.179. The topological polar surface area (TPSA) is 110 Å². The first-order valence-corrected chi connectivity index (χ1v) is 11.6. The van der Waals surface area contributed by atoms with Crippen molar-refractivity contribution in [2.24, 2.45) is 11.8 Å². The molecule has 3 atom stereocenters. The fourth-order valence-electron chi connectivity index (χ4n) is 5.62. The second-order valence-corrected chi connectivity index (χ2v) is 9.27. The minimum Gasteiger partial charge on any atom is -0.349 e. The van der Waals surface area contributed by atoms with Gasteiger partial charge in [0.2, 0.25) is 34.9 Å². The van der Waals surface area contributed by atoms with Crippen LogP contribution in [0.4, 0.5) is 15.8 Å². The normalized spacial score (nSPS) is 23.5. The van der Waals surface area contributed by atoms with Crippen molar-refractivity contribution in [2.45, 2.75) is 18.6 Å². The van der Waals surface area contributed by atoms with Gasteiger partial charge >= 0.3 is 0 Å². The Morgan fingerprint density at radius 2 is 1.46 bits per heavy atom. The van der Waals surface area contributed by atoms with E-state index in [1.54, 1.807) is 12.1 Å². The van der Waals surface area contributed by atoms with Gasteiger partial charge in [0.25, 0.3) is 0 Å². The lowest BCUT2D eigenvalue weighted by Crippen LogP contribution is -2.51. The zero-order chi connectivity index (χ0) is 26.1. The van der Waals surface area contributed by atoms with Crippen LogP contribution in [-0.4, -0.2) is 34.9 Å². The highest BCUT2D eigenvalue weighted by atomic mass is 19.1. The Bertz CT molecular complexity index is 1480. The first-order chi connectivity index (χ1) is 17.7. The number of amides is 3. The van der Waals surface area contributed by atoms with Crippen LogP contribution in [0.25, 0.3) is 0 Å². The Morgan fingerprint density at radius 3 is 2.03 bits per heavy atom. The van der Waals surface area contributed by atoms with Gasteiger partial charge in [-0.3, -0.25) is 24.0 Å². The van der Waals surface area contributed by atoms with Crippen molar-refractivity contribution in [3.05, 3.63) is 95.3 Å². The van der Waals surface area contributed by atoms with E-state index in [1.165, 1.54) is 67.6 Å². The van der Waals surface area contributed by atoms with E-state index >= 15 is 0 Å². The molecule has 3 amide bonds. The minimum absolute atomic E-state index is 0.129. The Balaban J connectivity index is 1.48. The van der Waals surface area contributed by atoms with Crippen LogP contribution >= 0.6 is 0 Å². The number of nitrogens with zero attached hydrogens (tertiary/aromatic N) is 1. The first-order valence-electron chi connectivity index (χ1n) is 11.6. The second kappa shape index (κ2) is 8.01. The standard InChI is InChI=1S/C28H19FN2O6/c1-14(32)30-17-10-12-18(13-11-17)31-26(35)21-22(27(31)36)28(37-23(21)15-6-8-16(29)9-7-15)24(33)19-4-2-3-5-20(19)25(28)34/h2-13,21-23H,1H3,(H,30,32)/t21-,22-,23-/m0/s1. The van der Waals surface area contributed by atoms with Gasteiger partial charge < -0.3 is 10.1 Å². The molecule has 1 spiro atoms. The molecule has 37 heavy (non-hydrogen) atoms. The van der Waals surface area contributed by atoms with E-state index in [0.29, 0.717) is 11.3 Å². The molecule has 8 nitrogen and oxygen atoms in total. The molecule has 0 radical (unpaired) electrons. The van der Waals surface area contributed by atoms with Gasteiger partial charge in [0, 0.05) is 23.7 Å². The van der Waals surface area contributed by atoms with Gasteiger partial charge in [-0.2, -0.15) is 0 Å². The summed E-state index contributed by atoms with van der Waals surface area (Å²) in [7, 11) is 0. The lowest BCUT2D eigenvalue weighted by molar-refractivity contribution is -0.127. The number of ether oxygens (including phenoxy) is 1. The van der Waals surface area contributed by atoms with Gasteiger partial charge in [-0.25, -0.2) is 9.29 Å². The van der Waals surface area contributed by atoms with Gasteiger partial charge in [-0.05, 0) is 42.0 Å². The zero-order valence-corrected chi connectivity index (χ0v) is 19.4. The summed E-state index contributed by atoms with van der Waals surface area (Å²) in [5.74, 6) is -6.09. The predicted molar refractivity (Wildman–Crippen MR) is 128 cm³/mol. The highest BCUT2D eigenvalue weighted by Gasteiger charge is 2.74. The van der Waals surface area contributed by atoms with Crippen molar-refractivity contribution in [3.8, 4) is 0 Å². The number of halogens is 1. The summed E-state index contributed by atoms with van der Waals surface area (Å²) in [6, 6.07) is 17.5. The molecule has 2 heterocycles. The van der Waals surface area contributed by atoms with E-state index in [4.69, 9.17) is 4.74 Å². The van der Waals surface area contributed by atoms with Gasteiger partial charge in [-0.15, -0.1) is 0 Å². The van der Waals surface area contributed by atoms with E-state index < -0.39 is 52.7 Å². The molecule has 3 aliphatic rings. The number of ketones is 2. The predicted octanol–water partition coefficient (Wildman–Crippen LogP) is 3.48. The molecule has 184 valence electrons. The summed E-state index contributed by atoms with van der Waals surface area (Å²) >= 11 is 0. The maximum absolute atomic E-state index is 13.9. The number of carbonyl (C=O) groups excluding carboxylic acids is 5. The number of Topliss-reactive ketones (excluding diaryl/α,β-unsaturated/α-hetero) is 2. The SMILES string of the molecule is CC(=O)Nc1ccc(N2C(=O)[C@H]3[C@@H](C2=O)C2(O[C@H]3c3ccc(F)cc3)C(=O)c3ccccc3C2=O)cc1. The molecule has 3 aromatic rings. The van der Waals surface area contributed by atoms with Gasteiger partial charge in [-0.1, -0.05) is 36.4 Å². The Labute approximate surface area is 210 Å². The summed E-state index contributed by atoms with van der Waals surface area (Å²) in [6.07, 6.45) is -1.13. The molecule has 1 N–H and O–H groups in total. The van der Waals surface area contributed by atoms with E-state index in [-0.39, 0.29) is 22.7 Å². The third-order valence-electron chi connectivity index (χ3n) is 7.16. The van der Waals surface area contributed by atoms with Crippen molar-refractivity contribution in [1.82, 2.24) is 0 Å². The van der Waals surface area contributed by atoms with Crippen LogP contribution in [0.2, 0.25) is 0 Å². The van der Waals surface area contributed by atoms with Crippen LogP contribution in [0.5, 0.6) is 0 Å². The molecule has 1 aliphatic carbocycles. The van der Waals surface area contributed by atoms with Gasteiger partial charge in [0.05, 0.1) is 23.6 Å². The maximum atomic E-state index is 13.9. The fourth-order valence-corrected chi connectivity index (χ4v) is 5.62. The average Bonchev–Trinajstić information content (AvgIpc) is 3.45. The summed E-state index contributed by atoms with van der Waals surface area (Å²) in [4.78, 5) is 67.4. The van der Waals surface area contributed by atoms with Gasteiger partial charge in [0.1, 0.15) is 5.82 Å². The minimum atomic E-state index is -2.20. The highest BCUT2D eigenvalue weighted by Crippen LogP contribution is 2.57. The van der Waals surface area contributed by atoms with E-state index in [0.717, 1.165) is 4.90 Å². The number of nitrogens with one attached hydrogen (secondary N) is 1. The maximum Gasteiger partial charge on any atom is 0.241 e. The van der Waals surface area contributed by atoms with Crippen LogP contribution in [-0.2, 0) is 19.1 Å². The Hall–Kier alpha value is -4.50. The Morgan fingerprint density at radius 1 is 0.865 bits per heavy atom. The number of hydrogen-bond donors (Lipinski definition) is 1. The van der Waals surface area contributed by atoms with Crippen LogP contribution in [0.15, 0.2) is 72.8 Å². The number of imide groups is 1. The number of fused-ring (bicyclic) bond motifs is 3. The lowest BCUT2D eigenvalue weighted by Gasteiger charge is -2.27. The number of hydrogen-bond acceptors (Lipinski definition) is 6. The van der Waals surface area contributed by atoms with E-state index in [9.17, 15) is 28.4 Å². The molecule has 2 saturated heterocycles. The summed E-state index contributed by atoms with van der Waals surface area (Å²) in [6.45, 7) is 1.35. The first kappa shape index (κ1) is 22.9. The third-order valence-corrected chi connectivity index (χ3v) is 7.16. The summed E-state index contributed by atoms with van der Waals surface area (Å²) < 4.78 is 19.8. The Kier molecular flexibility index (Phi) is 4.96. The van der Waals surface area contributed by atoms with Crippen molar-refractivity contribution in [1.29, 1.82) is 0 Å². The number of benzene rings is 3. The van der Waals surface area contributed by atoms with Crippen LogP contribution < -0.4 is 10.2 Å². The smallest absolute Gasteiger partial charge is 0.241 e. The zero-order valence-electron chi connectivity index (χ0n) is 19.4. The molecule has 6 rings (SSSR count). The van der Waals surface area contributed by atoms with E-state index in [2.05, 4.69) is 5.32 Å². The second-order valence-electron chi connectivity index (χ2n) is 9.27. The highest BCUT2D eigenvalue weighted by molar-refractivity contribution is 6.37. The van der Waals surface area contributed by atoms with E-state index in [1.807, 2.05) is 0 Å². The summed E-state index contributed by atoms with van der Waals surface area (Å²) in [5, 5.41) is 2.61. The van der Waals surface area contributed by atoms with Crippen LogP contribution in [0, 0.1) is 17.7 Å². The molecule has 2 fully saturated rings. The van der Waals surface area contributed by atoms with Crippen molar-refractivity contribution < 1.29 is 33.1 Å². The summed E-state index contributed by atoms with van der Waals surface area (Å²) in [5.41, 5.74) is -0.883. The molecule has 0 bridgehead atoms. The third kappa shape index (κ3) is 3.14. The number of anilines is 2. The van der Waals surface area contributed by atoms with Gasteiger partial charge in [0.15, 0.2) is 0 Å². The molecule has 0 saturated carbocycles. The largest absolute Gasteiger partial charge is 0.349 e. The quantitative estimate of drug-likeness (QED) is 0.438.